The van der Waals surface area contributed by atoms with Crippen LogP contribution in [0.2, 0.25) is 0 Å². The van der Waals surface area contributed by atoms with Gasteiger partial charge in [0.15, 0.2) is 0 Å². The Balaban J connectivity index is 2.77. The molecule has 1 atom stereocenters. The summed E-state index contributed by atoms with van der Waals surface area (Å²) < 4.78 is 0. The molecular weight excluding hydrogens is 168 g/mol. The smallest absolute Gasteiger partial charge is 0.0954 e. The molecule has 0 fully saturated rings. The predicted molar refractivity (Wildman–Crippen MR) is 53.7 cm³/mol. The van der Waals surface area contributed by atoms with Gasteiger partial charge in [0.05, 0.1) is 10.7 Å². The van der Waals surface area contributed by atoms with Gasteiger partial charge < -0.3 is 5.32 Å². The second-order valence-electron chi connectivity index (χ2n) is 3.28. The van der Waals surface area contributed by atoms with Gasteiger partial charge in [-0.1, -0.05) is 13.8 Å². The molecule has 1 unspecified atom stereocenters. The van der Waals surface area contributed by atoms with Crippen molar-refractivity contribution in [3.05, 3.63) is 16.1 Å². The maximum atomic E-state index is 4.54. The Hall–Kier alpha value is -0.410. The third kappa shape index (κ3) is 2.05. The maximum absolute atomic E-state index is 4.54. The maximum Gasteiger partial charge on any atom is 0.0954 e. The number of rotatable bonds is 3. The van der Waals surface area contributed by atoms with Crippen LogP contribution in [0, 0.1) is 0 Å². The Morgan fingerprint density at radius 3 is 2.50 bits per heavy atom. The van der Waals surface area contributed by atoms with Crippen molar-refractivity contribution in [1.82, 2.24) is 10.3 Å². The second-order valence-corrected chi connectivity index (χ2v) is 4.17. The van der Waals surface area contributed by atoms with Gasteiger partial charge in [-0.05, 0) is 14.0 Å². The van der Waals surface area contributed by atoms with Gasteiger partial charge in [0.2, 0.25) is 0 Å². The summed E-state index contributed by atoms with van der Waals surface area (Å²) in [6, 6.07) is 0.369. The normalized spacial score (nSPS) is 13.8. The number of thiazole rings is 1. The van der Waals surface area contributed by atoms with Gasteiger partial charge in [0, 0.05) is 17.3 Å². The molecule has 1 heterocycles. The number of nitrogens with one attached hydrogen (secondary N) is 1. The molecule has 0 bridgehead atoms. The van der Waals surface area contributed by atoms with Crippen molar-refractivity contribution in [3.8, 4) is 0 Å². The Morgan fingerprint density at radius 1 is 1.42 bits per heavy atom. The fourth-order valence-corrected chi connectivity index (χ4v) is 1.84. The monoisotopic (exact) mass is 184 g/mol. The van der Waals surface area contributed by atoms with Gasteiger partial charge in [0.1, 0.15) is 0 Å². The van der Waals surface area contributed by atoms with E-state index < -0.39 is 0 Å². The Morgan fingerprint density at radius 2 is 2.08 bits per heavy atom. The van der Waals surface area contributed by atoms with Gasteiger partial charge in [-0.15, -0.1) is 11.3 Å². The molecule has 0 spiro atoms. The molecular formula is C9H16N2S. The lowest BCUT2D eigenvalue weighted by atomic mass is 10.2. The van der Waals surface area contributed by atoms with E-state index in [0.29, 0.717) is 12.0 Å². The predicted octanol–water partition coefficient (Wildman–Crippen LogP) is 2.55. The van der Waals surface area contributed by atoms with Crippen molar-refractivity contribution in [1.29, 1.82) is 0 Å². The van der Waals surface area contributed by atoms with Crippen LogP contribution in [0.4, 0.5) is 0 Å². The molecule has 0 amide bonds. The summed E-state index contributed by atoms with van der Waals surface area (Å²) in [7, 11) is 1.96. The van der Waals surface area contributed by atoms with Gasteiger partial charge in [-0.25, -0.2) is 4.98 Å². The van der Waals surface area contributed by atoms with E-state index >= 15 is 0 Å². The van der Waals surface area contributed by atoms with Crippen LogP contribution in [0.1, 0.15) is 43.4 Å². The molecule has 0 aliphatic heterocycles. The van der Waals surface area contributed by atoms with Crippen LogP contribution in [0.25, 0.3) is 0 Å². The van der Waals surface area contributed by atoms with Crippen molar-refractivity contribution in [2.45, 2.75) is 32.7 Å². The van der Waals surface area contributed by atoms with Crippen molar-refractivity contribution < 1.29 is 0 Å². The third-order valence-corrected chi connectivity index (χ3v) is 3.07. The zero-order chi connectivity index (χ0) is 9.14. The minimum atomic E-state index is 0.369. The van der Waals surface area contributed by atoms with E-state index in [4.69, 9.17) is 0 Å². The first-order valence-electron chi connectivity index (χ1n) is 4.27. The van der Waals surface area contributed by atoms with Gasteiger partial charge in [-0.2, -0.15) is 0 Å². The molecule has 0 saturated carbocycles. The molecule has 1 N–H and O–H groups in total. The first-order valence-corrected chi connectivity index (χ1v) is 5.15. The molecule has 68 valence electrons. The lowest BCUT2D eigenvalue weighted by Crippen LogP contribution is -2.12. The average Bonchev–Trinajstić information content (AvgIpc) is 2.51. The van der Waals surface area contributed by atoms with E-state index in [0.717, 1.165) is 5.69 Å². The van der Waals surface area contributed by atoms with E-state index in [2.05, 4.69) is 36.5 Å². The molecule has 1 aromatic rings. The first kappa shape index (κ1) is 9.68. The van der Waals surface area contributed by atoms with Gasteiger partial charge in [0.25, 0.3) is 0 Å². The van der Waals surface area contributed by atoms with E-state index in [9.17, 15) is 0 Å². The summed E-state index contributed by atoms with van der Waals surface area (Å²) in [5, 5.41) is 6.54. The van der Waals surface area contributed by atoms with Crippen LogP contribution in [0.5, 0.6) is 0 Å². The number of aromatic nitrogens is 1. The lowest BCUT2D eigenvalue weighted by molar-refractivity contribution is 0.632. The minimum absolute atomic E-state index is 0.369. The van der Waals surface area contributed by atoms with Crippen LogP contribution < -0.4 is 5.32 Å². The molecule has 12 heavy (non-hydrogen) atoms. The standard InChI is InChI=1S/C9H16N2S/c1-6(2)9-11-8(5-12-9)7(3)10-4/h5-7,10H,1-4H3. The molecule has 1 rings (SSSR count). The summed E-state index contributed by atoms with van der Waals surface area (Å²) in [6.07, 6.45) is 0. The van der Waals surface area contributed by atoms with Gasteiger partial charge >= 0.3 is 0 Å². The topological polar surface area (TPSA) is 24.9 Å². The summed E-state index contributed by atoms with van der Waals surface area (Å²) in [4.78, 5) is 4.54. The molecule has 1 aromatic heterocycles. The highest BCUT2D eigenvalue weighted by molar-refractivity contribution is 7.09. The molecule has 0 aliphatic carbocycles. The number of nitrogens with zero attached hydrogens (tertiary/aromatic N) is 1. The van der Waals surface area contributed by atoms with Crippen LogP contribution >= 0.6 is 11.3 Å². The van der Waals surface area contributed by atoms with Crippen LogP contribution in [-0.2, 0) is 0 Å². The zero-order valence-electron chi connectivity index (χ0n) is 8.09. The quantitative estimate of drug-likeness (QED) is 0.781. The van der Waals surface area contributed by atoms with Crippen LogP contribution in [-0.4, -0.2) is 12.0 Å². The number of hydrogen-bond donors (Lipinski definition) is 1. The SMILES string of the molecule is CNC(C)c1csc(C(C)C)n1. The fourth-order valence-electron chi connectivity index (χ4n) is 0.913. The molecule has 0 saturated heterocycles. The van der Waals surface area contributed by atoms with E-state index in [1.54, 1.807) is 11.3 Å². The Kier molecular flexibility index (Phi) is 3.23. The van der Waals surface area contributed by atoms with Crippen molar-refractivity contribution in [2.75, 3.05) is 7.05 Å². The number of hydrogen-bond acceptors (Lipinski definition) is 3. The third-order valence-electron chi connectivity index (χ3n) is 1.91. The lowest BCUT2D eigenvalue weighted by Gasteiger charge is -2.05. The second kappa shape index (κ2) is 4.01. The van der Waals surface area contributed by atoms with Gasteiger partial charge in [-0.3, -0.25) is 0 Å². The van der Waals surface area contributed by atoms with E-state index in [1.807, 2.05) is 7.05 Å². The molecule has 0 aromatic carbocycles. The molecule has 0 aliphatic rings. The van der Waals surface area contributed by atoms with E-state index in [1.165, 1.54) is 5.01 Å². The highest BCUT2D eigenvalue weighted by Crippen LogP contribution is 2.22. The minimum Gasteiger partial charge on any atom is -0.312 e. The molecule has 3 heteroatoms. The zero-order valence-corrected chi connectivity index (χ0v) is 8.90. The van der Waals surface area contributed by atoms with E-state index in [-0.39, 0.29) is 0 Å². The highest BCUT2D eigenvalue weighted by atomic mass is 32.1. The summed E-state index contributed by atoms with van der Waals surface area (Å²) in [5.74, 6) is 0.549. The summed E-state index contributed by atoms with van der Waals surface area (Å²) >= 11 is 1.75. The Bertz CT molecular complexity index is 242. The largest absolute Gasteiger partial charge is 0.312 e. The summed E-state index contributed by atoms with van der Waals surface area (Å²) in [6.45, 7) is 6.47. The average molecular weight is 184 g/mol. The molecule has 0 radical (unpaired) electrons. The van der Waals surface area contributed by atoms with Crippen molar-refractivity contribution in [3.63, 3.8) is 0 Å². The fraction of sp³-hybridized carbons (Fsp3) is 0.667. The summed E-state index contributed by atoms with van der Waals surface area (Å²) in [5.41, 5.74) is 1.16. The highest BCUT2D eigenvalue weighted by Gasteiger charge is 2.09. The molecule has 2 nitrogen and oxygen atoms in total. The first-order chi connectivity index (χ1) is 5.65. The van der Waals surface area contributed by atoms with Crippen molar-refractivity contribution in [2.24, 2.45) is 0 Å². The Labute approximate surface area is 78.0 Å². The van der Waals surface area contributed by atoms with Crippen LogP contribution in [0.3, 0.4) is 0 Å². The van der Waals surface area contributed by atoms with Crippen LogP contribution in [0.15, 0.2) is 5.38 Å². The van der Waals surface area contributed by atoms with Crippen molar-refractivity contribution >= 4 is 11.3 Å².